The summed E-state index contributed by atoms with van der Waals surface area (Å²) in [4.78, 5) is 0. The Bertz CT molecular complexity index is 642. The van der Waals surface area contributed by atoms with Crippen LogP contribution in [0, 0.1) is 18.6 Å². The van der Waals surface area contributed by atoms with E-state index < -0.39 is 11.6 Å². The number of rotatable bonds is 5. The van der Waals surface area contributed by atoms with Crippen LogP contribution in [0.2, 0.25) is 5.02 Å². The van der Waals surface area contributed by atoms with Crippen LogP contribution in [0.25, 0.3) is 0 Å². The lowest BCUT2D eigenvalue weighted by atomic mass is 10.0. The molecule has 1 atom stereocenters. The summed E-state index contributed by atoms with van der Waals surface area (Å²) in [5.41, 5.74) is 4.70. The molecule has 0 fully saturated rings. The van der Waals surface area contributed by atoms with Gasteiger partial charge >= 0.3 is 0 Å². The van der Waals surface area contributed by atoms with Gasteiger partial charge in [0.15, 0.2) is 11.6 Å². The first kappa shape index (κ1) is 15.9. The molecule has 0 aliphatic heterocycles. The Hall–Kier alpha value is -1.50. The fourth-order valence-electron chi connectivity index (χ4n) is 2.26. The monoisotopic (exact) mass is 314 g/mol. The quantitative estimate of drug-likeness (QED) is 0.659. The number of aromatic nitrogens is 2. The number of hydrogen-bond donors (Lipinski definition) is 2. The molecule has 0 saturated heterocycles. The van der Waals surface area contributed by atoms with Gasteiger partial charge in [-0.1, -0.05) is 17.7 Å². The van der Waals surface area contributed by atoms with E-state index in [4.69, 9.17) is 17.4 Å². The molecule has 0 radical (unpaired) electrons. The van der Waals surface area contributed by atoms with Gasteiger partial charge in [-0.15, -0.1) is 0 Å². The minimum atomic E-state index is -0.904. The molecule has 0 spiro atoms. The Morgan fingerprint density at radius 2 is 2.10 bits per heavy atom. The molecule has 1 heterocycles. The van der Waals surface area contributed by atoms with Crippen LogP contribution in [0.5, 0.6) is 0 Å². The van der Waals surface area contributed by atoms with Gasteiger partial charge in [-0.2, -0.15) is 5.10 Å². The first-order valence-electron chi connectivity index (χ1n) is 6.60. The van der Waals surface area contributed by atoms with Crippen LogP contribution in [0.15, 0.2) is 18.2 Å². The lowest BCUT2D eigenvalue weighted by Gasteiger charge is -2.17. The summed E-state index contributed by atoms with van der Waals surface area (Å²) in [7, 11) is 0. The Balaban J connectivity index is 2.33. The molecule has 0 aliphatic rings. The van der Waals surface area contributed by atoms with Gasteiger partial charge in [0.05, 0.1) is 22.5 Å². The largest absolute Gasteiger partial charge is 0.271 e. The lowest BCUT2D eigenvalue weighted by molar-refractivity contribution is 0.490. The SMILES string of the molecule is CCn1nc(C)c(Cl)c1CC(NN)c1ccc(F)c(F)c1. The molecule has 1 aromatic carbocycles. The van der Waals surface area contributed by atoms with Crippen molar-refractivity contribution in [2.24, 2.45) is 5.84 Å². The molecule has 0 saturated carbocycles. The van der Waals surface area contributed by atoms with Crippen molar-refractivity contribution in [2.75, 3.05) is 0 Å². The Morgan fingerprint density at radius 1 is 1.38 bits per heavy atom. The van der Waals surface area contributed by atoms with Crippen molar-refractivity contribution in [3.05, 3.63) is 51.8 Å². The summed E-state index contributed by atoms with van der Waals surface area (Å²) in [6.07, 6.45) is 0.426. The summed E-state index contributed by atoms with van der Waals surface area (Å²) < 4.78 is 28.2. The average Bonchev–Trinajstić information content (AvgIpc) is 2.75. The average molecular weight is 315 g/mol. The van der Waals surface area contributed by atoms with Crippen molar-refractivity contribution in [1.82, 2.24) is 15.2 Å². The highest BCUT2D eigenvalue weighted by atomic mass is 35.5. The first-order chi connectivity index (χ1) is 9.97. The molecule has 21 heavy (non-hydrogen) atoms. The molecule has 0 bridgehead atoms. The molecule has 4 nitrogen and oxygen atoms in total. The molecule has 1 aromatic heterocycles. The standard InChI is InChI=1S/C14H17ClF2N4/c1-3-21-13(14(15)8(2)20-21)7-12(19-18)9-4-5-10(16)11(17)6-9/h4-6,12,19H,3,7,18H2,1-2H3. The van der Waals surface area contributed by atoms with Gasteiger partial charge in [0.25, 0.3) is 0 Å². The maximum atomic E-state index is 13.4. The number of nitrogens with zero attached hydrogens (tertiary/aromatic N) is 2. The van der Waals surface area contributed by atoms with Gasteiger partial charge in [0.2, 0.25) is 0 Å². The van der Waals surface area contributed by atoms with Crippen molar-refractivity contribution in [2.45, 2.75) is 32.9 Å². The highest BCUT2D eigenvalue weighted by Gasteiger charge is 2.19. The molecular weight excluding hydrogens is 298 g/mol. The van der Waals surface area contributed by atoms with Crippen LogP contribution >= 0.6 is 11.6 Å². The highest BCUT2D eigenvalue weighted by Crippen LogP contribution is 2.26. The zero-order valence-corrected chi connectivity index (χ0v) is 12.6. The second-order valence-electron chi connectivity index (χ2n) is 4.76. The zero-order chi connectivity index (χ0) is 15.6. The molecule has 7 heteroatoms. The van der Waals surface area contributed by atoms with E-state index in [1.807, 2.05) is 13.8 Å². The summed E-state index contributed by atoms with van der Waals surface area (Å²) in [6, 6.07) is 3.32. The van der Waals surface area contributed by atoms with Crippen LogP contribution in [0.1, 0.15) is 29.9 Å². The predicted octanol–water partition coefficient (Wildman–Crippen LogP) is 2.89. The number of benzene rings is 1. The highest BCUT2D eigenvalue weighted by molar-refractivity contribution is 6.31. The van der Waals surface area contributed by atoms with E-state index >= 15 is 0 Å². The van der Waals surface area contributed by atoms with Gasteiger partial charge < -0.3 is 0 Å². The molecule has 114 valence electrons. The third-order valence-corrected chi connectivity index (χ3v) is 3.89. The number of hydrogen-bond acceptors (Lipinski definition) is 3. The van der Waals surface area contributed by atoms with E-state index in [2.05, 4.69) is 10.5 Å². The molecule has 0 aliphatic carbocycles. The number of aryl methyl sites for hydroxylation is 2. The predicted molar refractivity (Wildman–Crippen MR) is 77.8 cm³/mol. The minimum absolute atomic E-state index is 0.390. The maximum absolute atomic E-state index is 13.4. The third-order valence-electron chi connectivity index (χ3n) is 3.40. The summed E-state index contributed by atoms with van der Waals surface area (Å²) in [6.45, 7) is 4.44. The zero-order valence-electron chi connectivity index (χ0n) is 11.8. The molecule has 1 unspecified atom stereocenters. The normalized spacial score (nSPS) is 12.7. The maximum Gasteiger partial charge on any atom is 0.159 e. The molecule has 3 N–H and O–H groups in total. The number of hydrazine groups is 1. The smallest absolute Gasteiger partial charge is 0.159 e. The lowest BCUT2D eigenvalue weighted by Crippen LogP contribution is -2.30. The Kier molecular flexibility index (Phi) is 4.92. The van der Waals surface area contributed by atoms with Crippen molar-refractivity contribution in [1.29, 1.82) is 0 Å². The van der Waals surface area contributed by atoms with E-state index in [1.54, 1.807) is 4.68 Å². The van der Waals surface area contributed by atoms with Crippen LogP contribution in [-0.2, 0) is 13.0 Å². The van der Waals surface area contributed by atoms with Gasteiger partial charge in [-0.3, -0.25) is 16.0 Å². The van der Waals surface area contributed by atoms with Crippen LogP contribution in [0.4, 0.5) is 8.78 Å². The van der Waals surface area contributed by atoms with E-state index in [0.717, 1.165) is 23.5 Å². The van der Waals surface area contributed by atoms with E-state index in [-0.39, 0.29) is 6.04 Å². The third kappa shape index (κ3) is 3.23. The second kappa shape index (κ2) is 6.51. The summed E-state index contributed by atoms with van der Waals surface area (Å²) >= 11 is 6.25. The van der Waals surface area contributed by atoms with Gasteiger partial charge in [-0.05, 0) is 31.5 Å². The van der Waals surface area contributed by atoms with Crippen LogP contribution in [-0.4, -0.2) is 9.78 Å². The van der Waals surface area contributed by atoms with Crippen molar-refractivity contribution >= 4 is 11.6 Å². The fraction of sp³-hybridized carbons (Fsp3) is 0.357. The molecule has 0 amide bonds. The van der Waals surface area contributed by atoms with E-state index in [0.29, 0.717) is 23.6 Å². The Labute approximate surface area is 126 Å². The Morgan fingerprint density at radius 3 is 2.67 bits per heavy atom. The number of nitrogens with one attached hydrogen (secondary N) is 1. The van der Waals surface area contributed by atoms with Crippen LogP contribution in [0.3, 0.4) is 0 Å². The minimum Gasteiger partial charge on any atom is -0.271 e. The van der Waals surface area contributed by atoms with Crippen LogP contribution < -0.4 is 11.3 Å². The summed E-state index contributed by atoms with van der Waals surface area (Å²) in [5, 5.41) is 4.89. The van der Waals surface area contributed by atoms with Gasteiger partial charge in [0.1, 0.15) is 0 Å². The van der Waals surface area contributed by atoms with Crippen molar-refractivity contribution < 1.29 is 8.78 Å². The molecule has 2 rings (SSSR count). The van der Waals surface area contributed by atoms with Crippen molar-refractivity contribution in [3.8, 4) is 0 Å². The topological polar surface area (TPSA) is 55.9 Å². The number of nitrogens with two attached hydrogens (primary N) is 1. The molecular formula is C14H17ClF2N4. The molecule has 2 aromatic rings. The van der Waals surface area contributed by atoms with Crippen molar-refractivity contribution in [3.63, 3.8) is 0 Å². The fourth-order valence-corrected chi connectivity index (χ4v) is 2.47. The number of halogens is 3. The van der Waals surface area contributed by atoms with E-state index in [9.17, 15) is 8.78 Å². The first-order valence-corrected chi connectivity index (χ1v) is 6.98. The summed E-state index contributed by atoms with van der Waals surface area (Å²) in [5.74, 6) is 3.76. The van der Waals surface area contributed by atoms with Gasteiger partial charge in [0, 0.05) is 13.0 Å². The second-order valence-corrected chi connectivity index (χ2v) is 5.14. The van der Waals surface area contributed by atoms with Gasteiger partial charge in [-0.25, -0.2) is 8.78 Å². The van der Waals surface area contributed by atoms with E-state index in [1.165, 1.54) is 6.07 Å².